The van der Waals surface area contributed by atoms with Gasteiger partial charge in [0.1, 0.15) is 0 Å². The first-order chi connectivity index (χ1) is 12.0. The fourth-order valence-electron chi connectivity index (χ4n) is 2.33. The highest BCUT2D eigenvalue weighted by Crippen LogP contribution is 2.29. The molecule has 1 aromatic carbocycles. The highest BCUT2D eigenvalue weighted by Gasteiger charge is 2.27. The Balaban J connectivity index is 2.11. The number of alkyl halides is 3. The smallest absolute Gasteiger partial charge is 0.295 e. The molecule has 0 amide bonds. The monoisotopic (exact) mass is 352 g/mol. The Bertz CT molecular complexity index is 753. The van der Waals surface area contributed by atoms with Crippen molar-refractivity contribution in [2.24, 2.45) is 5.92 Å². The summed E-state index contributed by atoms with van der Waals surface area (Å²) in [5.41, 5.74) is 1.39. The third-order valence-corrected chi connectivity index (χ3v) is 3.71. The van der Waals surface area contributed by atoms with Crippen LogP contribution in [0, 0.1) is 17.2 Å². The lowest BCUT2D eigenvalue weighted by molar-refractivity contribution is -0.131. The zero-order valence-electron chi connectivity index (χ0n) is 13.0. The maximum absolute atomic E-state index is 13.0. The highest BCUT2D eigenvalue weighted by molar-refractivity contribution is 5.81. The van der Waals surface area contributed by atoms with Crippen LogP contribution in [0.2, 0.25) is 0 Å². The van der Waals surface area contributed by atoms with Crippen LogP contribution in [0.15, 0.2) is 34.9 Å². The van der Waals surface area contributed by atoms with Crippen LogP contribution in [0.3, 0.4) is 0 Å². The summed E-state index contributed by atoms with van der Waals surface area (Å²) in [6.07, 6.45) is -5.20. The SMILES string of the molecule is N#CCc1cc(-c2ccc([C@@H](O)[C@@H](CF)CC(=O)C(F)F)cc2)on1. The Morgan fingerprint density at radius 1 is 1.32 bits per heavy atom. The molecular formula is C17H15F3N2O3. The summed E-state index contributed by atoms with van der Waals surface area (Å²) in [5, 5.41) is 22.5. The summed E-state index contributed by atoms with van der Waals surface area (Å²) in [5.74, 6) is -2.22. The Morgan fingerprint density at radius 3 is 2.56 bits per heavy atom. The number of aliphatic hydroxyl groups is 1. The van der Waals surface area contributed by atoms with E-state index in [0.29, 0.717) is 22.6 Å². The van der Waals surface area contributed by atoms with Gasteiger partial charge in [-0.2, -0.15) is 5.26 Å². The van der Waals surface area contributed by atoms with Crippen LogP contribution >= 0.6 is 0 Å². The van der Waals surface area contributed by atoms with E-state index < -0.39 is 37.3 Å². The molecule has 0 aliphatic rings. The number of aliphatic hydroxyl groups excluding tert-OH is 1. The fourth-order valence-corrected chi connectivity index (χ4v) is 2.33. The largest absolute Gasteiger partial charge is 0.388 e. The van der Waals surface area contributed by atoms with Gasteiger partial charge in [0.2, 0.25) is 0 Å². The molecule has 2 atom stereocenters. The minimum Gasteiger partial charge on any atom is -0.388 e. The predicted octanol–water partition coefficient (Wildman–Crippen LogP) is 3.25. The third-order valence-electron chi connectivity index (χ3n) is 3.71. The maximum atomic E-state index is 13.0. The average molecular weight is 352 g/mol. The van der Waals surface area contributed by atoms with Gasteiger partial charge < -0.3 is 9.63 Å². The molecule has 1 N–H and O–H groups in total. The number of carbonyl (C=O) groups is 1. The topological polar surface area (TPSA) is 87.1 Å². The normalized spacial score (nSPS) is 13.4. The minimum atomic E-state index is -3.18. The zero-order valence-corrected chi connectivity index (χ0v) is 13.0. The second kappa shape index (κ2) is 8.44. The first-order valence-electron chi connectivity index (χ1n) is 7.44. The second-order valence-corrected chi connectivity index (χ2v) is 5.47. The lowest BCUT2D eigenvalue weighted by atomic mass is 9.91. The van der Waals surface area contributed by atoms with Gasteiger partial charge in [-0.15, -0.1) is 0 Å². The van der Waals surface area contributed by atoms with Gasteiger partial charge in [-0.3, -0.25) is 9.18 Å². The van der Waals surface area contributed by atoms with E-state index in [-0.39, 0.29) is 6.42 Å². The van der Waals surface area contributed by atoms with Crippen LogP contribution in [0.1, 0.15) is 23.8 Å². The van der Waals surface area contributed by atoms with Gasteiger partial charge in [-0.25, -0.2) is 8.78 Å². The molecule has 0 saturated heterocycles. The van der Waals surface area contributed by atoms with Gasteiger partial charge in [0.05, 0.1) is 31.0 Å². The van der Waals surface area contributed by atoms with Crippen molar-refractivity contribution in [3.63, 3.8) is 0 Å². The molecule has 25 heavy (non-hydrogen) atoms. The number of carbonyl (C=O) groups excluding carboxylic acids is 1. The molecule has 2 rings (SSSR count). The van der Waals surface area contributed by atoms with Gasteiger partial charge in [0, 0.05) is 24.0 Å². The molecule has 0 unspecified atom stereocenters. The summed E-state index contributed by atoms with van der Waals surface area (Å²) in [6.45, 7) is -1.10. The van der Waals surface area contributed by atoms with Crippen LogP contribution in [-0.4, -0.2) is 29.1 Å². The lowest BCUT2D eigenvalue weighted by Gasteiger charge is -2.20. The van der Waals surface area contributed by atoms with Crippen LogP contribution in [0.5, 0.6) is 0 Å². The molecule has 0 aliphatic heterocycles. The van der Waals surface area contributed by atoms with Gasteiger partial charge in [0.15, 0.2) is 11.5 Å². The first-order valence-corrected chi connectivity index (χ1v) is 7.44. The van der Waals surface area contributed by atoms with E-state index in [1.165, 1.54) is 12.1 Å². The van der Waals surface area contributed by atoms with Crippen LogP contribution in [0.4, 0.5) is 13.2 Å². The molecule has 0 saturated carbocycles. The molecule has 0 spiro atoms. The Labute approximate surface area is 141 Å². The molecule has 0 fully saturated rings. The van der Waals surface area contributed by atoms with Crippen LogP contribution in [-0.2, 0) is 11.2 Å². The van der Waals surface area contributed by atoms with Crippen molar-refractivity contribution in [1.29, 1.82) is 5.26 Å². The van der Waals surface area contributed by atoms with E-state index in [9.17, 15) is 23.1 Å². The predicted molar refractivity (Wildman–Crippen MR) is 81.3 cm³/mol. The number of nitriles is 1. The van der Waals surface area contributed by atoms with E-state index in [0.717, 1.165) is 0 Å². The quantitative estimate of drug-likeness (QED) is 0.788. The molecule has 5 nitrogen and oxygen atoms in total. The van der Waals surface area contributed by atoms with Crippen molar-refractivity contribution in [1.82, 2.24) is 5.16 Å². The number of ketones is 1. The third kappa shape index (κ3) is 4.67. The van der Waals surface area contributed by atoms with Crippen LogP contribution < -0.4 is 0 Å². The summed E-state index contributed by atoms with van der Waals surface area (Å²) < 4.78 is 42.7. The summed E-state index contributed by atoms with van der Waals surface area (Å²) >= 11 is 0. The zero-order chi connectivity index (χ0) is 18.4. The molecular weight excluding hydrogens is 337 g/mol. The molecule has 132 valence electrons. The fraction of sp³-hybridized carbons (Fsp3) is 0.353. The van der Waals surface area contributed by atoms with Crippen molar-refractivity contribution >= 4 is 5.78 Å². The van der Waals surface area contributed by atoms with E-state index in [2.05, 4.69) is 5.16 Å². The average Bonchev–Trinajstić information content (AvgIpc) is 3.08. The van der Waals surface area contributed by atoms with Crippen molar-refractivity contribution in [3.8, 4) is 17.4 Å². The van der Waals surface area contributed by atoms with Gasteiger partial charge in [-0.1, -0.05) is 29.4 Å². The van der Waals surface area contributed by atoms with E-state index in [1.54, 1.807) is 18.2 Å². The second-order valence-electron chi connectivity index (χ2n) is 5.47. The van der Waals surface area contributed by atoms with E-state index >= 15 is 0 Å². The molecule has 1 heterocycles. The van der Waals surface area contributed by atoms with Crippen LogP contribution in [0.25, 0.3) is 11.3 Å². The number of halogens is 3. The number of rotatable bonds is 8. The summed E-state index contributed by atoms with van der Waals surface area (Å²) in [7, 11) is 0. The number of hydrogen-bond acceptors (Lipinski definition) is 5. The number of aromatic nitrogens is 1. The standard InChI is InChI=1S/C17H15F3N2O3/c18-9-12(7-14(23)17(19)20)16(24)11-3-1-10(2-4-11)15-8-13(5-6-21)22-25-15/h1-4,8,12,16-17,24H,5,7,9H2/t12-,16-/m1/s1. The Kier molecular flexibility index (Phi) is 6.31. The molecule has 1 aromatic heterocycles. The van der Waals surface area contributed by atoms with Gasteiger partial charge in [0.25, 0.3) is 6.43 Å². The van der Waals surface area contributed by atoms with Gasteiger partial charge in [-0.05, 0) is 5.56 Å². The molecule has 8 heteroatoms. The van der Waals surface area contributed by atoms with Crippen molar-refractivity contribution in [2.75, 3.05) is 6.67 Å². The Hall–Kier alpha value is -2.66. The number of Topliss-reactive ketones (excluding diaryl/α,β-unsaturated/α-hetero) is 1. The van der Waals surface area contributed by atoms with Crippen molar-refractivity contribution in [2.45, 2.75) is 25.4 Å². The first kappa shape index (κ1) is 18.7. The maximum Gasteiger partial charge on any atom is 0.295 e. The van der Waals surface area contributed by atoms with Crippen molar-refractivity contribution in [3.05, 3.63) is 41.6 Å². The number of nitrogens with zero attached hydrogens (tertiary/aromatic N) is 2. The molecule has 0 bridgehead atoms. The molecule has 2 aromatic rings. The molecule has 0 radical (unpaired) electrons. The van der Waals surface area contributed by atoms with Gasteiger partial charge >= 0.3 is 0 Å². The lowest BCUT2D eigenvalue weighted by Crippen LogP contribution is -2.22. The summed E-state index contributed by atoms with van der Waals surface area (Å²) in [4.78, 5) is 11.1. The minimum absolute atomic E-state index is 0.108. The summed E-state index contributed by atoms with van der Waals surface area (Å²) in [6, 6.07) is 9.68. The van der Waals surface area contributed by atoms with E-state index in [4.69, 9.17) is 9.78 Å². The Morgan fingerprint density at radius 2 is 2.00 bits per heavy atom. The molecule has 0 aliphatic carbocycles. The highest BCUT2D eigenvalue weighted by atomic mass is 19.3. The number of benzene rings is 1. The van der Waals surface area contributed by atoms with E-state index in [1.807, 2.05) is 6.07 Å². The van der Waals surface area contributed by atoms with Crippen molar-refractivity contribution < 1.29 is 27.6 Å². The number of hydrogen-bond donors (Lipinski definition) is 1.